The zero-order chi connectivity index (χ0) is 14.5. The molecule has 2 rings (SSSR count). The fourth-order valence-corrected chi connectivity index (χ4v) is 2.81. The molecule has 0 saturated carbocycles. The van der Waals surface area contributed by atoms with E-state index in [1.807, 2.05) is 12.1 Å². The van der Waals surface area contributed by atoms with Crippen molar-refractivity contribution in [1.29, 1.82) is 0 Å². The molecule has 2 aromatic rings. The molecule has 2 aromatic carbocycles. The van der Waals surface area contributed by atoms with Crippen LogP contribution < -0.4 is 10.5 Å². The van der Waals surface area contributed by atoms with Crippen molar-refractivity contribution >= 4 is 15.9 Å². The zero-order valence-electron chi connectivity index (χ0n) is 11.9. The molecule has 0 unspecified atom stereocenters. The molecule has 2 nitrogen and oxygen atoms in total. The Bertz CT molecular complexity index is 572. The number of halogens is 1. The highest BCUT2D eigenvalue weighted by molar-refractivity contribution is 9.10. The van der Waals surface area contributed by atoms with Gasteiger partial charge < -0.3 is 10.5 Å². The van der Waals surface area contributed by atoms with Crippen LogP contribution in [0.15, 0.2) is 40.9 Å². The average Bonchev–Trinajstić information content (AvgIpc) is 2.38. The second-order valence-corrected chi connectivity index (χ2v) is 5.93. The first-order valence-corrected chi connectivity index (χ1v) is 7.57. The Morgan fingerprint density at radius 3 is 2.35 bits per heavy atom. The lowest BCUT2D eigenvalue weighted by molar-refractivity contribution is 0.302. The van der Waals surface area contributed by atoms with Crippen LogP contribution in [0.2, 0.25) is 0 Å². The number of nitrogens with two attached hydrogens (primary N) is 1. The molecule has 0 radical (unpaired) electrons. The normalized spacial score (nSPS) is 10.6. The minimum absolute atomic E-state index is 0.581. The first kappa shape index (κ1) is 15.1. The predicted octanol–water partition coefficient (Wildman–Crippen LogP) is 4.15. The third-order valence-electron chi connectivity index (χ3n) is 3.23. The number of aryl methyl sites for hydroxylation is 2. The fourth-order valence-electron chi connectivity index (χ4n) is 2.36. The molecule has 2 N–H and O–H groups in total. The van der Waals surface area contributed by atoms with Crippen molar-refractivity contribution in [2.45, 2.75) is 26.9 Å². The van der Waals surface area contributed by atoms with Crippen molar-refractivity contribution in [2.75, 3.05) is 6.54 Å². The van der Waals surface area contributed by atoms with Gasteiger partial charge in [0.15, 0.2) is 0 Å². The van der Waals surface area contributed by atoms with Crippen LogP contribution in [-0.4, -0.2) is 6.54 Å². The molecule has 0 bridgehead atoms. The van der Waals surface area contributed by atoms with E-state index in [2.05, 4.69) is 54.0 Å². The maximum atomic E-state index is 5.99. The van der Waals surface area contributed by atoms with Gasteiger partial charge in [0.25, 0.3) is 0 Å². The van der Waals surface area contributed by atoms with E-state index in [9.17, 15) is 0 Å². The monoisotopic (exact) mass is 333 g/mol. The fraction of sp³-hybridized carbons (Fsp3) is 0.294. The lowest BCUT2D eigenvalue weighted by Gasteiger charge is -2.14. The van der Waals surface area contributed by atoms with Gasteiger partial charge in [-0.15, -0.1) is 0 Å². The summed E-state index contributed by atoms with van der Waals surface area (Å²) in [5, 5.41) is 0. The van der Waals surface area contributed by atoms with Crippen LogP contribution >= 0.6 is 15.9 Å². The molecular formula is C17H20BrNO. The highest BCUT2D eigenvalue weighted by atomic mass is 79.9. The van der Waals surface area contributed by atoms with E-state index in [0.29, 0.717) is 13.2 Å². The van der Waals surface area contributed by atoms with Crippen LogP contribution in [0.4, 0.5) is 0 Å². The van der Waals surface area contributed by atoms with Gasteiger partial charge in [0, 0.05) is 4.47 Å². The first-order chi connectivity index (χ1) is 9.60. The quantitative estimate of drug-likeness (QED) is 0.892. The van der Waals surface area contributed by atoms with Crippen LogP contribution in [0.5, 0.6) is 5.75 Å². The second-order valence-electron chi connectivity index (χ2n) is 5.02. The summed E-state index contributed by atoms with van der Waals surface area (Å²) in [7, 11) is 0. The summed E-state index contributed by atoms with van der Waals surface area (Å²) >= 11 is 3.48. The van der Waals surface area contributed by atoms with Crippen molar-refractivity contribution in [3.8, 4) is 5.75 Å². The van der Waals surface area contributed by atoms with E-state index in [1.165, 1.54) is 16.7 Å². The van der Waals surface area contributed by atoms with Gasteiger partial charge in [-0.25, -0.2) is 0 Å². The molecular weight excluding hydrogens is 314 g/mol. The third kappa shape index (κ3) is 3.84. The predicted molar refractivity (Wildman–Crippen MR) is 87.1 cm³/mol. The molecule has 0 amide bonds. The van der Waals surface area contributed by atoms with Gasteiger partial charge in [0.1, 0.15) is 12.4 Å². The Labute approximate surface area is 129 Å². The SMILES string of the molecule is Cc1cc(CCN)cc(C)c1OCc1cccc(Br)c1. The third-order valence-corrected chi connectivity index (χ3v) is 3.72. The topological polar surface area (TPSA) is 35.2 Å². The first-order valence-electron chi connectivity index (χ1n) is 6.77. The number of hydrogen-bond acceptors (Lipinski definition) is 2. The molecule has 0 aromatic heterocycles. The zero-order valence-corrected chi connectivity index (χ0v) is 13.5. The Morgan fingerprint density at radius 1 is 1.05 bits per heavy atom. The maximum absolute atomic E-state index is 5.99. The molecule has 0 aliphatic heterocycles. The molecule has 0 saturated heterocycles. The van der Waals surface area contributed by atoms with Crippen molar-refractivity contribution < 1.29 is 4.74 Å². The van der Waals surface area contributed by atoms with Crippen LogP contribution in [0.1, 0.15) is 22.3 Å². The minimum atomic E-state index is 0.581. The smallest absolute Gasteiger partial charge is 0.125 e. The molecule has 0 heterocycles. The molecule has 0 fully saturated rings. The van der Waals surface area contributed by atoms with Gasteiger partial charge in [-0.05, 0) is 61.2 Å². The molecule has 0 aliphatic carbocycles. The van der Waals surface area contributed by atoms with Crippen molar-refractivity contribution in [2.24, 2.45) is 5.73 Å². The van der Waals surface area contributed by atoms with Crippen LogP contribution in [-0.2, 0) is 13.0 Å². The summed E-state index contributed by atoms with van der Waals surface area (Å²) in [6.45, 7) is 5.43. The molecule has 3 heteroatoms. The summed E-state index contributed by atoms with van der Waals surface area (Å²) in [5.74, 6) is 0.978. The van der Waals surface area contributed by atoms with Crippen LogP contribution in [0, 0.1) is 13.8 Å². The average molecular weight is 334 g/mol. The molecule has 106 valence electrons. The highest BCUT2D eigenvalue weighted by Gasteiger charge is 2.07. The summed E-state index contributed by atoms with van der Waals surface area (Å²) in [6.07, 6.45) is 0.910. The van der Waals surface area contributed by atoms with E-state index in [0.717, 1.165) is 22.2 Å². The van der Waals surface area contributed by atoms with Crippen molar-refractivity contribution in [3.05, 3.63) is 63.1 Å². The van der Waals surface area contributed by atoms with E-state index in [1.54, 1.807) is 0 Å². The largest absolute Gasteiger partial charge is 0.488 e. The molecule has 20 heavy (non-hydrogen) atoms. The van der Waals surface area contributed by atoms with Gasteiger partial charge in [0.05, 0.1) is 0 Å². The Balaban J connectivity index is 2.13. The van der Waals surface area contributed by atoms with Gasteiger partial charge in [0.2, 0.25) is 0 Å². The Morgan fingerprint density at radius 2 is 1.75 bits per heavy atom. The van der Waals surface area contributed by atoms with E-state index >= 15 is 0 Å². The summed E-state index contributed by atoms with van der Waals surface area (Å²) < 4.78 is 7.06. The summed E-state index contributed by atoms with van der Waals surface area (Å²) in [4.78, 5) is 0. The molecule has 0 aliphatic rings. The summed E-state index contributed by atoms with van der Waals surface area (Å²) in [5.41, 5.74) is 10.4. The maximum Gasteiger partial charge on any atom is 0.125 e. The van der Waals surface area contributed by atoms with Crippen LogP contribution in [0.3, 0.4) is 0 Å². The Kier molecular flexibility index (Phi) is 5.21. The van der Waals surface area contributed by atoms with Gasteiger partial charge >= 0.3 is 0 Å². The van der Waals surface area contributed by atoms with E-state index in [4.69, 9.17) is 10.5 Å². The van der Waals surface area contributed by atoms with E-state index in [-0.39, 0.29) is 0 Å². The lowest BCUT2D eigenvalue weighted by Crippen LogP contribution is -2.04. The molecule has 0 atom stereocenters. The van der Waals surface area contributed by atoms with Crippen LogP contribution in [0.25, 0.3) is 0 Å². The number of ether oxygens (including phenoxy) is 1. The number of rotatable bonds is 5. The highest BCUT2D eigenvalue weighted by Crippen LogP contribution is 2.26. The minimum Gasteiger partial charge on any atom is -0.488 e. The van der Waals surface area contributed by atoms with Gasteiger partial charge in [-0.3, -0.25) is 0 Å². The Hall–Kier alpha value is -1.32. The molecule has 0 spiro atoms. The number of benzene rings is 2. The second kappa shape index (κ2) is 6.91. The lowest BCUT2D eigenvalue weighted by atomic mass is 10.0. The van der Waals surface area contributed by atoms with E-state index < -0.39 is 0 Å². The number of hydrogen-bond donors (Lipinski definition) is 1. The van der Waals surface area contributed by atoms with Gasteiger partial charge in [-0.1, -0.05) is 40.2 Å². The standard InChI is InChI=1S/C17H20BrNO/c1-12-8-14(6-7-19)9-13(2)17(12)20-11-15-4-3-5-16(18)10-15/h3-5,8-10H,6-7,11,19H2,1-2H3. The van der Waals surface area contributed by atoms with Crippen molar-refractivity contribution in [3.63, 3.8) is 0 Å². The van der Waals surface area contributed by atoms with Gasteiger partial charge in [-0.2, -0.15) is 0 Å². The summed E-state index contributed by atoms with van der Waals surface area (Å²) in [6, 6.07) is 12.5. The van der Waals surface area contributed by atoms with Crippen molar-refractivity contribution in [1.82, 2.24) is 0 Å².